The maximum Gasteiger partial charge on any atom is 0.254 e. The van der Waals surface area contributed by atoms with Crippen LogP contribution < -0.4 is 5.32 Å². The first-order valence-corrected chi connectivity index (χ1v) is 7.04. The summed E-state index contributed by atoms with van der Waals surface area (Å²) in [7, 11) is 1.47. The van der Waals surface area contributed by atoms with Crippen LogP contribution in [-0.2, 0) is 4.79 Å². The van der Waals surface area contributed by atoms with Gasteiger partial charge in [-0.1, -0.05) is 11.6 Å². The molecule has 2 aromatic rings. The van der Waals surface area contributed by atoms with Gasteiger partial charge in [0.2, 0.25) is 5.91 Å². The van der Waals surface area contributed by atoms with Crippen molar-refractivity contribution in [3.8, 4) is 5.75 Å². The van der Waals surface area contributed by atoms with Gasteiger partial charge in [-0.15, -0.1) is 0 Å². The minimum atomic E-state index is -0.419. The summed E-state index contributed by atoms with van der Waals surface area (Å²) in [6, 6.07) is 9.35. The van der Waals surface area contributed by atoms with E-state index in [1.165, 1.54) is 54.4 Å². The van der Waals surface area contributed by atoms with Crippen LogP contribution in [0, 0.1) is 5.82 Å². The molecule has 0 bridgehead atoms. The molecule has 0 unspecified atom stereocenters. The number of benzene rings is 2. The molecule has 2 aromatic carbocycles. The van der Waals surface area contributed by atoms with Gasteiger partial charge in [0.25, 0.3) is 5.91 Å². The van der Waals surface area contributed by atoms with Gasteiger partial charge in [-0.25, -0.2) is 4.39 Å². The first kappa shape index (κ1) is 16.8. The number of carbonyl (C=O) groups is 2. The Morgan fingerprint density at radius 1 is 1.22 bits per heavy atom. The van der Waals surface area contributed by atoms with E-state index in [4.69, 9.17) is 11.6 Å². The predicted molar refractivity (Wildman–Crippen MR) is 85.1 cm³/mol. The molecule has 0 aliphatic rings. The zero-order chi connectivity index (χ0) is 17.0. The van der Waals surface area contributed by atoms with Crippen LogP contribution in [0.3, 0.4) is 0 Å². The lowest BCUT2D eigenvalue weighted by atomic mass is 10.2. The fraction of sp³-hybridized carbons (Fsp3) is 0.125. The van der Waals surface area contributed by atoms with Gasteiger partial charge < -0.3 is 15.3 Å². The van der Waals surface area contributed by atoms with Crippen LogP contribution in [0.5, 0.6) is 5.75 Å². The summed E-state index contributed by atoms with van der Waals surface area (Å²) in [6.45, 7) is -0.186. The highest BCUT2D eigenvalue weighted by molar-refractivity contribution is 6.32. The van der Waals surface area contributed by atoms with Crippen LogP contribution in [0.15, 0.2) is 42.5 Å². The van der Waals surface area contributed by atoms with Crippen molar-refractivity contribution in [2.75, 3.05) is 18.9 Å². The Labute approximate surface area is 137 Å². The van der Waals surface area contributed by atoms with E-state index in [0.717, 1.165) is 0 Å². The van der Waals surface area contributed by atoms with Crippen molar-refractivity contribution >= 4 is 29.1 Å². The van der Waals surface area contributed by atoms with Crippen LogP contribution in [0.1, 0.15) is 10.4 Å². The Kier molecular flexibility index (Phi) is 5.18. The highest BCUT2D eigenvalue weighted by atomic mass is 35.5. The molecule has 5 nitrogen and oxygen atoms in total. The number of nitrogens with one attached hydrogen (secondary N) is 1. The van der Waals surface area contributed by atoms with Crippen LogP contribution in [0.25, 0.3) is 0 Å². The first-order chi connectivity index (χ1) is 10.9. The first-order valence-electron chi connectivity index (χ1n) is 6.66. The number of rotatable bonds is 4. The van der Waals surface area contributed by atoms with Gasteiger partial charge in [-0.2, -0.15) is 0 Å². The summed E-state index contributed by atoms with van der Waals surface area (Å²) in [4.78, 5) is 25.3. The number of hydrogen-bond donors (Lipinski definition) is 2. The lowest BCUT2D eigenvalue weighted by Gasteiger charge is -2.17. The topological polar surface area (TPSA) is 69.6 Å². The average molecular weight is 337 g/mol. The van der Waals surface area contributed by atoms with Crippen molar-refractivity contribution in [2.45, 2.75) is 0 Å². The van der Waals surface area contributed by atoms with Crippen LogP contribution in [-0.4, -0.2) is 35.4 Å². The Morgan fingerprint density at radius 3 is 2.48 bits per heavy atom. The highest BCUT2D eigenvalue weighted by Gasteiger charge is 2.16. The van der Waals surface area contributed by atoms with Crippen molar-refractivity contribution in [3.05, 3.63) is 58.9 Å². The predicted octanol–water partition coefficient (Wildman–Crippen LogP) is 2.90. The van der Waals surface area contributed by atoms with E-state index < -0.39 is 17.6 Å². The molecular formula is C16H14ClFN2O3. The highest BCUT2D eigenvalue weighted by Crippen LogP contribution is 2.24. The van der Waals surface area contributed by atoms with Gasteiger partial charge in [0.15, 0.2) is 0 Å². The Balaban J connectivity index is 1.98. The molecular weight excluding hydrogens is 323 g/mol. The molecule has 0 saturated heterocycles. The van der Waals surface area contributed by atoms with Crippen molar-refractivity contribution in [1.29, 1.82) is 0 Å². The minimum absolute atomic E-state index is 0.0556. The largest absolute Gasteiger partial charge is 0.506 e. The Hall–Kier alpha value is -2.60. The number of halogens is 2. The smallest absolute Gasteiger partial charge is 0.254 e. The molecule has 0 heterocycles. The van der Waals surface area contributed by atoms with E-state index >= 15 is 0 Å². The quantitative estimate of drug-likeness (QED) is 0.902. The van der Waals surface area contributed by atoms with Crippen LogP contribution in [0.4, 0.5) is 10.1 Å². The second-order valence-corrected chi connectivity index (χ2v) is 5.29. The molecule has 0 fully saturated rings. The zero-order valence-electron chi connectivity index (χ0n) is 12.2. The second-order valence-electron chi connectivity index (χ2n) is 4.88. The number of nitrogens with zero attached hydrogens (tertiary/aromatic N) is 1. The van der Waals surface area contributed by atoms with Crippen molar-refractivity contribution in [1.82, 2.24) is 4.90 Å². The Bertz CT molecular complexity index is 735. The normalized spacial score (nSPS) is 10.2. The van der Waals surface area contributed by atoms with E-state index in [1.54, 1.807) is 0 Å². The molecule has 0 aromatic heterocycles. The molecule has 2 amide bonds. The Morgan fingerprint density at radius 2 is 1.87 bits per heavy atom. The van der Waals surface area contributed by atoms with E-state index in [-0.39, 0.29) is 22.9 Å². The monoisotopic (exact) mass is 336 g/mol. The molecule has 0 radical (unpaired) electrons. The van der Waals surface area contributed by atoms with E-state index in [0.29, 0.717) is 5.69 Å². The lowest BCUT2D eigenvalue weighted by molar-refractivity contribution is -0.116. The second kappa shape index (κ2) is 7.11. The van der Waals surface area contributed by atoms with Gasteiger partial charge in [0.05, 0.1) is 11.6 Å². The lowest BCUT2D eigenvalue weighted by Crippen LogP contribution is -2.34. The van der Waals surface area contributed by atoms with Crippen molar-refractivity contribution < 1.29 is 19.1 Å². The third-order valence-corrected chi connectivity index (χ3v) is 3.35. The summed E-state index contributed by atoms with van der Waals surface area (Å²) in [6.07, 6.45) is 0. The molecule has 23 heavy (non-hydrogen) atoms. The van der Waals surface area contributed by atoms with Gasteiger partial charge in [0, 0.05) is 18.3 Å². The number of hydrogen-bond acceptors (Lipinski definition) is 3. The molecule has 0 aliphatic carbocycles. The molecule has 0 spiro atoms. The summed E-state index contributed by atoms with van der Waals surface area (Å²) in [5.41, 5.74) is 0.690. The van der Waals surface area contributed by atoms with Gasteiger partial charge in [0.1, 0.15) is 11.6 Å². The van der Waals surface area contributed by atoms with E-state index in [9.17, 15) is 19.1 Å². The molecule has 0 atom stereocenters. The molecule has 120 valence electrons. The fourth-order valence-electron chi connectivity index (χ4n) is 1.88. The zero-order valence-corrected chi connectivity index (χ0v) is 13.0. The maximum atomic E-state index is 12.8. The number of carbonyl (C=O) groups excluding carboxylic acids is 2. The number of anilines is 1. The summed E-state index contributed by atoms with van der Waals surface area (Å²) in [5, 5.41) is 12.0. The maximum absolute atomic E-state index is 12.8. The number of aromatic hydroxyl groups is 1. The fourth-order valence-corrected chi connectivity index (χ4v) is 2.06. The number of phenols is 1. The summed E-state index contributed by atoms with van der Waals surface area (Å²) in [5.74, 6) is -1.36. The van der Waals surface area contributed by atoms with Crippen LogP contribution >= 0.6 is 11.6 Å². The van der Waals surface area contributed by atoms with Gasteiger partial charge in [-0.05, 0) is 42.5 Å². The third kappa shape index (κ3) is 4.43. The molecule has 2 N–H and O–H groups in total. The number of amides is 2. The van der Waals surface area contributed by atoms with Gasteiger partial charge in [-0.3, -0.25) is 9.59 Å². The number of likely N-dealkylation sites (N-methyl/N-ethyl adjacent to an activating group) is 1. The van der Waals surface area contributed by atoms with Crippen molar-refractivity contribution in [2.24, 2.45) is 0 Å². The molecule has 0 aliphatic heterocycles. The van der Waals surface area contributed by atoms with Gasteiger partial charge >= 0.3 is 0 Å². The standard InChI is InChI=1S/C16H14ClFN2O3/c1-20(16(23)10-2-7-14(21)13(17)8-10)9-15(22)19-12-5-3-11(18)4-6-12/h2-8,21H,9H2,1H3,(H,19,22). The van der Waals surface area contributed by atoms with Crippen LogP contribution in [0.2, 0.25) is 5.02 Å². The SMILES string of the molecule is CN(CC(=O)Nc1ccc(F)cc1)C(=O)c1ccc(O)c(Cl)c1. The molecule has 7 heteroatoms. The van der Waals surface area contributed by atoms with Crippen molar-refractivity contribution in [3.63, 3.8) is 0 Å². The van der Waals surface area contributed by atoms with E-state index in [1.807, 2.05) is 0 Å². The van der Waals surface area contributed by atoms with E-state index in [2.05, 4.69) is 5.32 Å². The number of phenolic OH excluding ortho intramolecular Hbond substituents is 1. The average Bonchev–Trinajstić information content (AvgIpc) is 2.51. The molecule has 2 rings (SSSR count). The minimum Gasteiger partial charge on any atom is -0.506 e. The summed E-state index contributed by atoms with van der Waals surface area (Å²) < 4.78 is 12.8. The summed E-state index contributed by atoms with van der Waals surface area (Å²) >= 11 is 5.76. The molecule has 0 saturated carbocycles. The third-order valence-electron chi connectivity index (χ3n) is 3.05.